The fourth-order valence-corrected chi connectivity index (χ4v) is 2.32. The van der Waals surface area contributed by atoms with Crippen LogP contribution < -0.4 is 5.32 Å². The van der Waals surface area contributed by atoms with Gasteiger partial charge in [0, 0.05) is 28.3 Å². The highest BCUT2D eigenvalue weighted by Crippen LogP contribution is 2.32. The minimum Gasteiger partial charge on any atom is -0.388 e. The van der Waals surface area contributed by atoms with E-state index in [2.05, 4.69) is 60.2 Å². The highest BCUT2D eigenvalue weighted by Gasteiger charge is 2.11. The van der Waals surface area contributed by atoms with Crippen molar-refractivity contribution in [3.8, 4) is 0 Å². The first-order chi connectivity index (χ1) is 8.04. The van der Waals surface area contributed by atoms with Gasteiger partial charge >= 0.3 is 0 Å². The maximum Gasteiger partial charge on any atom is 0.0870 e. The average Bonchev–Trinajstić information content (AvgIpc) is 2.32. The van der Waals surface area contributed by atoms with Crippen LogP contribution in [0.5, 0.6) is 0 Å². The van der Waals surface area contributed by atoms with Gasteiger partial charge in [-0.25, -0.2) is 0 Å². The third kappa shape index (κ3) is 2.16. The smallest absolute Gasteiger partial charge is 0.0870 e. The summed E-state index contributed by atoms with van der Waals surface area (Å²) >= 11 is 3.64. The molecule has 1 aromatic carbocycles. The molecule has 0 aliphatic carbocycles. The zero-order valence-corrected chi connectivity index (χ0v) is 12.2. The second-order valence-corrected chi connectivity index (χ2v) is 5.38. The number of pyridine rings is 1. The highest BCUT2D eigenvalue weighted by molar-refractivity contribution is 9.10. The quantitative estimate of drug-likeness (QED) is 0.883. The molecule has 2 nitrogen and oxygen atoms in total. The Balaban J connectivity index is 2.83. The number of nitrogens with zero attached hydrogens (tertiary/aromatic N) is 1. The maximum absolute atomic E-state index is 4.76. The van der Waals surface area contributed by atoms with Crippen LogP contribution in [0.3, 0.4) is 0 Å². The van der Waals surface area contributed by atoms with Crippen LogP contribution in [-0.4, -0.2) is 12.0 Å². The van der Waals surface area contributed by atoms with Crippen molar-refractivity contribution in [1.82, 2.24) is 4.98 Å². The van der Waals surface area contributed by atoms with Gasteiger partial charge in [-0.3, -0.25) is 4.98 Å². The minimum atomic E-state index is 0.430. The molecule has 0 aliphatic rings. The highest BCUT2D eigenvalue weighted by atomic mass is 79.9. The molecule has 17 heavy (non-hydrogen) atoms. The number of benzene rings is 1. The number of rotatable bonds is 2. The first-order valence-electron chi connectivity index (χ1n) is 5.82. The molecule has 1 heterocycles. The number of aromatic nitrogens is 1. The Morgan fingerprint density at radius 1 is 1.29 bits per heavy atom. The van der Waals surface area contributed by atoms with Crippen LogP contribution in [0.25, 0.3) is 10.9 Å². The molecule has 0 atom stereocenters. The molecular formula is C14H17BrN2. The molecular weight excluding hydrogens is 276 g/mol. The van der Waals surface area contributed by atoms with E-state index >= 15 is 0 Å². The van der Waals surface area contributed by atoms with Crippen molar-refractivity contribution in [2.24, 2.45) is 0 Å². The van der Waals surface area contributed by atoms with Gasteiger partial charge in [0.05, 0.1) is 5.52 Å². The summed E-state index contributed by atoms with van der Waals surface area (Å²) < 4.78 is 1.09. The van der Waals surface area contributed by atoms with Crippen LogP contribution in [0, 0.1) is 6.92 Å². The van der Waals surface area contributed by atoms with Crippen molar-refractivity contribution in [3.05, 3.63) is 33.9 Å². The Hall–Kier alpha value is -1.09. The largest absolute Gasteiger partial charge is 0.388 e. The molecule has 1 aromatic heterocycles. The summed E-state index contributed by atoms with van der Waals surface area (Å²) in [6, 6.07) is 6.37. The number of nitrogens with one attached hydrogen (secondary N) is 1. The zero-order valence-electron chi connectivity index (χ0n) is 10.6. The minimum absolute atomic E-state index is 0.430. The van der Waals surface area contributed by atoms with Gasteiger partial charge in [-0.2, -0.15) is 0 Å². The van der Waals surface area contributed by atoms with Crippen molar-refractivity contribution in [2.75, 3.05) is 12.4 Å². The summed E-state index contributed by atoms with van der Waals surface area (Å²) in [6.45, 7) is 6.42. The molecule has 3 heteroatoms. The van der Waals surface area contributed by atoms with Crippen LogP contribution in [0.2, 0.25) is 0 Å². The van der Waals surface area contributed by atoms with Crippen LogP contribution in [0.1, 0.15) is 31.0 Å². The maximum atomic E-state index is 4.76. The molecule has 90 valence electrons. The lowest BCUT2D eigenvalue weighted by Crippen LogP contribution is -1.99. The Bertz CT molecular complexity index is 562. The van der Waals surface area contributed by atoms with Crippen molar-refractivity contribution >= 4 is 32.5 Å². The fourth-order valence-electron chi connectivity index (χ4n) is 1.88. The Morgan fingerprint density at radius 3 is 2.59 bits per heavy atom. The van der Waals surface area contributed by atoms with E-state index in [0.717, 1.165) is 26.8 Å². The van der Waals surface area contributed by atoms with Crippen LogP contribution >= 0.6 is 15.9 Å². The van der Waals surface area contributed by atoms with Gasteiger partial charge in [-0.1, -0.05) is 26.0 Å². The van der Waals surface area contributed by atoms with E-state index in [1.54, 1.807) is 0 Å². The van der Waals surface area contributed by atoms with E-state index in [4.69, 9.17) is 4.98 Å². The number of hydrogen-bond donors (Lipinski definition) is 1. The Kier molecular flexibility index (Phi) is 3.38. The second kappa shape index (κ2) is 4.65. The molecule has 0 amide bonds. The third-order valence-electron chi connectivity index (χ3n) is 2.99. The molecule has 0 radical (unpaired) electrons. The lowest BCUT2D eigenvalue weighted by molar-refractivity contribution is 0.830. The van der Waals surface area contributed by atoms with Gasteiger partial charge in [0.1, 0.15) is 0 Å². The molecule has 0 spiro atoms. The number of fused-ring (bicyclic) bond motifs is 1. The van der Waals surface area contributed by atoms with E-state index in [0.29, 0.717) is 5.92 Å². The summed E-state index contributed by atoms with van der Waals surface area (Å²) in [5, 5.41) is 4.41. The molecule has 0 saturated carbocycles. The molecule has 0 fully saturated rings. The third-order valence-corrected chi connectivity index (χ3v) is 3.99. The van der Waals surface area contributed by atoms with Crippen molar-refractivity contribution < 1.29 is 0 Å². The van der Waals surface area contributed by atoms with Crippen molar-refractivity contribution in [3.63, 3.8) is 0 Å². The summed E-state index contributed by atoms with van der Waals surface area (Å²) in [5.41, 5.74) is 4.51. The second-order valence-electron chi connectivity index (χ2n) is 4.59. The molecule has 0 bridgehead atoms. The normalized spacial score (nSPS) is 11.2. The molecule has 2 rings (SSSR count). The number of anilines is 1. The topological polar surface area (TPSA) is 24.9 Å². The van der Waals surface area contributed by atoms with Gasteiger partial charge in [0.25, 0.3) is 0 Å². The summed E-state index contributed by atoms with van der Waals surface area (Å²) in [4.78, 5) is 4.76. The average molecular weight is 293 g/mol. The van der Waals surface area contributed by atoms with Gasteiger partial charge in [-0.05, 0) is 40.4 Å². The van der Waals surface area contributed by atoms with Gasteiger partial charge in [-0.15, -0.1) is 0 Å². The van der Waals surface area contributed by atoms with Crippen LogP contribution in [0.4, 0.5) is 5.69 Å². The number of halogens is 1. The Morgan fingerprint density at radius 2 is 2.00 bits per heavy atom. The molecule has 1 N–H and O–H groups in total. The molecule has 0 unspecified atom stereocenters. The zero-order chi connectivity index (χ0) is 12.6. The SMILES string of the molecule is CNc1cc(C(C)C)nc2c(Br)c(C)ccc12. The first-order valence-corrected chi connectivity index (χ1v) is 6.61. The molecule has 2 aromatic rings. The van der Waals surface area contributed by atoms with Gasteiger partial charge in [0.15, 0.2) is 0 Å². The predicted octanol–water partition coefficient (Wildman–Crippen LogP) is 4.47. The Labute approximate surface area is 111 Å². The van der Waals surface area contributed by atoms with Crippen LogP contribution in [-0.2, 0) is 0 Å². The number of hydrogen-bond acceptors (Lipinski definition) is 2. The van der Waals surface area contributed by atoms with Gasteiger partial charge < -0.3 is 5.32 Å². The lowest BCUT2D eigenvalue weighted by Gasteiger charge is -2.13. The summed E-state index contributed by atoms with van der Waals surface area (Å²) in [7, 11) is 1.95. The van der Waals surface area contributed by atoms with Crippen molar-refractivity contribution in [1.29, 1.82) is 0 Å². The van der Waals surface area contributed by atoms with Crippen molar-refractivity contribution in [2.45, 2.75) is 26.7 Å². The first kappa shape index (κ1) is 12.4. The lowest BCUT2D eigenvalue weighted by atomic mass is 10.1. The van der Waals surface area contributed by atoms with E-state index in [1.807, 2.05) is 7.05 Å². The molecule has 0 aliphatic heterocycles. The predicted molar refractivity (Wildman–Crippen MR) is 77.8 cm³/mol. The van der Waals surface area contributed by atoms with Crippen LogP contribution in [0.15, 0.2) is 22.7 Å². The fraction of sp³-hybridized carbons (Fsp3) is 0.357. The van der Waals surface area contributed by atoms with E-state index in [-0.39, 0.29) is 0 Å². The summed E-state index contributed by atoms with van der Waals surface area (Å²) in [6.07, 6.45) is 0. The number of aryl methyl sites for hydroxylation is 1. The monoisotopic (exact) mass is 292 g/mol. The van der Waals surface area contributed by atoms with E-state index < -0.39 is 0 Å². The standard InChI is InChI=1S/C14H17BrN2/c1-8(2)11-7-12(16-4)10-6-5-9(3)13(15)14(10)17-11/h5-8H,1-4H3,(H,16,17). The summed E-state index contributed by atoms with van der Waals surface area (Å²) in [5.74, 6) is 0.430. The van der Waals surface area contributed by atoms with E-state index in [9.17, 15) is 0 Å². The van der Waals surface area contributed by atoms with E-state index in [1.165, 1.54) is 5.56 Å². The van der Waals surface area contributed by atoms with Gasteiger partial charge in [0.2, 0.25) is 0 Å². The molecule has 0 saturated heterocycles.